The molecule has 0 saturated carbocycles. The van der Waals surface area contributed by atoms with Crippen molar-refractivity contribution in [1.82, 2.24) is 5.32 Å². The molecule has 246 valence electrons. The van der Waals surface area contributed by atoms with E-state index in [0.717, 1.165) is 35.3 Å². The number of carbonyl (C=O) groups is 3. The lowest BCUT2D eigenvalue weighted by atomic mass is 9.83. The Kier molecular flexibility index (Phi) is 11.1. The molecular weight excluding hydrogens is 669 g/mol. The van der Waals surface area contributed by atoms with Crippen LogP contribution < -0.4 is 16.0 Å². The lowest BCUT2D eigenvalue weighted by molar-refractivity contribution is -0.116. The molecule has 1 aliphatic rings. The fourth-order valence-electron chi connectivity index (χ4n) is 5.79. The summed E-state index contributed by atoms with van der Waals surface area (Å²) in [7, 11) is 0. The van der Waals surface area contributed by atoms with Crippen LogP contribution in [0.5, 0.6) is 0 Å². The number of rotatable bonds is 11. The number of fused-ring (bicyclic) bond motifs is 1. The van der Waals surface area contributed by atoms with E-state index in [2.05, 4.69) is 46.3 Å². The molecule has 3 amide bonds. The molecule has 2 heterocycles. The van der Waals surface area contributed by atoms with Crippen LogP contribution in [0.1, 0.15) is 63.2 Å². The Morgan fingerprint density at radius 2 is 1.78 bits per heavy atom. The van der Waals surface area contributed by atoms with E-state index >= 15 is 0 Å². The van der Waals surface area contributed by atoms with Crippen molar-refractivity contribution in [3.63, 3.8) is 0 Å². The highest BCUT2D eigenvalue weighted by molar-refractivity contribution is 8.00. The third kappa shape index (κ3) is 8.38. The van der Waals surface area contributed by atoms with Gasteiger partial charge in [-0.1, -0.05) is 61.5 Å². The summed E-state index contributed by atoms with van der Waals surface area (Å²) in [5.41, 5.74) is 4.82. The lowest BCUT2D eigenvalue weighted by Gasteiger charge is -2.22. The van der Waals surface area contributed by atoms with E-state index in [4.69, 9.17) is 0 Å². The van der Waals surface area contributed by atoms with Crippen molar-refractivity contribution < 1.29 is 14.4 Å². The summed E-state index contributed by atoms with van der Waals surface area (Å²) in [5, 5.41) is 22.8. The highest BCUT2D eigenvalue weighted by Gasteiger charge is 2.28. The molecule has 0 spiro atoms. The molecule has 3 aromatic carbocycles. The molecule has 49 heavy (non-hydrogen) atoms. The summed E-state index contributed by atoms with van der Waals surface area (Å²) in [4.78, 5) is 41.9. The van der Waals surface area contributed by atoms with E-state index in [9.17, 15) is 19.6 Å². The zero-order valence-corrected chi connectivity index (χ0v) is 29.2. The van der Waals surface area contributed by atoms with Crippen LogP contribution in [0.4, 0.5) is 10.7 Å². The van der Waals surface area contributed by atoms with Crippen molar-refractivity contribution in [3.05, 3.63) is 140 Å². The Hall–Kier alpha value is -4.95. The van der Waals surface area contributed by atoms with Crippen LogP contribution in [0.3, 0.4) is 0 Å². The fourth-order valence-corrected chi connectivity index (χ4v) is 8.70. The van der Waals surface area contributed by atoms with E-state index in [1.54, 1.807) is 36.4 Å². The Bertz CT molecular complexity index is 2020. The minimum absolute atomic E-state index is 0.109. The molecule has 3 N–H and O–H groups in total. The predicted molar refractivity (Wildman–Crippen MR) is 200 cm³/mol. The number of nitrogens with zero attached hydrogens (tertiary/aromatic N) is 1. The molecule has 0 fully saturated rings. The van der Waals surface area contributed by atoms with Gasteiger partial charge in [0.15, 0.2) is 0 Å². The van der Waals surface area contributed by atoms with Gasteiger partial charge in [-0.05, 0) is 102 Å². The number of nitrogens with one attached hydrogen (secondary N) is 3. The first-order valence-electron chi connectivity index (χ1n) is 16.0. The zero-order valence-electron chi connectivity index (χ0n) is 26.8. The van der Waals surface area contributed by atoms with Gasteiger partial charge in [-0.15, -0.1) is 23.1 Å². The van der Waals surface area contributed by atoms with Crippen molar-refractivity contribution in [1.29, 1.82) is 5.26 Å². The number of thioether (sulfide) groups is 1. The first kappa shape index (κ1) is 33.9. The Morgan fingerprint density at radius 3 is 2.49 bits per heavy atom. The number of nitriles is 1. The molecule has 0 radical (unpaired) electrons. The second kappa shape index (κ2) is 16.0. The first-order chi connectivity index (χ1) is 23.9. The fraction of sp³-hybridized carbons (Fsp3) is 0.179. The molecule has 2 unspecified atom stereocenters. The molecule has 10 heteroatoms. The van der Waals surface area contributed by atoms with Crippen LogP contribution in [0, 0.1) is 11.3 Å². The van der Waals surface area contributed by atoms with Crippen molar-refractivity contribution in [2.75, 3.05) is 10.6 Å². The van der Waals surface area contributed by atoms with E-state index in [0.29, 0.717) is 34.2 Å². The number of carbonyl (C=O) groups excluding carboxylic acids is 3. The topological polar surface area (TPSA) is 111 Å². The third-order valence-corrected chi connectivity index (χ3v) is 11.5. The third-order valence-electron chi connectivity index (χ3n) is 8.30. The summed E-state index contributed by atoms with van der Waals surface area (Å²) in [5.74, 6) is -0.624. The monoisotopic (exact) mass is 702 g/mol. The predicted octanol–water partition coefficient (Wildman–Crippen LogP) is 8.87. The summed E-state index contributed by atoms with van der Waals surface area (Å²) < 4.78 is 0. The number of benzene rings is 3. The van der Waals surface area contributed by atoms with E-state index < -0.39 is 11.2 Å². The summed E-state index contributed by atoms with van der Waals surface area (Å²) in [6.07, 6.45) is 4.85. The molecule has 0 saturated heterocycles. The maximum atomic E-state index is 13.6. The second-order valence-electron chi connectivity index (χ2n) is 11.6. The molecule has 5 aromatic rings. The number of amides is 3. The first-order valence-corrected chi connectivity index (χ1v) is 18.6. The molecule has 6 rings (SSSR count). The van der Waals surface area contributed by atoms with E-state index in [1.165, 1.54) is 44.9 Å². The van der Waals surface area contributed by atoms with Gasteiger partial charge in [0.1, 0.15) is 16.8 Å². The molecule has 2 atom stereocenters. The average Bonchev–Trinajstić information content (AvgIpc) is 3.78. The molecule has 0 aliphatic heterocycles. The summed E-state index contributed by atoms with van der Waals surface area (Å²) in [6, 6.07) is 30.7. The quantitative estimate of drug-likeness (QED) is 0.0941. The van der Waals surface area contributed by atoms with Gasteiger partial charge in [-0.2, -0.15) is 16.6 Å². The molecule has 0 bridgehead atoms. The second-order valence-corrected chi connectivity index (χ2v) is 14.8. The van der Waals surface area contributed by atoms with E-state index in [-0.39, 0.29) is 17.5 Å². The minimum Gasteiger partial charge on any atom is -0.321 e. The van der Waals surface area contributed by atoms with Crippen LogP contribution in [-0.2, 0) is 22.4 Å². The van der Waals surface area contributed by atoms with Crippen molar-refractivity contribution in [2.24, 2.45) is 0 Å². The number of anilines is 2. The van der Waals surface area contributed by atoms with Crippen LogP contribution in [0.25, 0.3) is 6.08 Å². The minimum atomic E-state index is -0.470. The van der Waals surface area contributed by atoms with Gasteiger partial charge in [-0.25, -0.2) is 0 Å². The largest absolute Gasteiger partial charge is 0.321 e. The Labute approximate surface area is 298 Å². The standard InChI is InChI=1S/C39H34N4O3S3/c1-2-34(38(46)43-39-32(23-40)31-17-16-28(21-35(31)49-39)26-10-5-3-6-11-26)48-30-15-9-14-29(22-30)41-37(45)33(20-25-18-19-47-24-25)42-36(44)27-12-7-4-8-13-27/h3-15,18-20,22,24,28,34H,2,16-17,21H2,1H3,(H,41,45)(H,42,44)(H,43,46)/b33-20-. The summed E-state index contributed by atoms with van der Waals surface area (Å²) >= 11 is 4.41. The highest BCUT2D eigenvalue weighted by Crippen LogP contribution is 2.42. The van der Waals surface area contributed by atoms with Gasteiger partial charge < -0.3 is 16.0 Å². The number of hydrogen-bond donors (Lipinski definition) is 3. The van der Waals surface area contributed by atoms with Gasteiger partial charge in [0.05, 0.1) is 10.8 Å². The zero-order chi connectivity index (χ0) is 34.2. The average molecular weight is 703 g/mol. The Balaban J connectivity index is 1.13. The SMILES string of the molecule is CCC(Sc1cccc(NC(=O)/C(=C/c2ccsc2)NC(=O)c2ccccc2)c1)C(=O)Nc1sc2c(c1C#N)CCC(c1ccccc1)C2. The van der Waals surface area contributed by atoms with Gasteiger partial charge in [0.25, 0.3) is 11.8 Å². The van der Waals surface area contributed by atoms with Gasteiger partial charge in [0, 0.05) is 21.0 Å². The Morgan fingerprint density at radius 1 is 1.00 bits per heavy atom. The van der Waals surface area contributed by atoms with Crippen molar-refractivity contribution in [3.8, 4) is 6.07 Å². The molecule has 1 aliphatic carbocycles. The van der Waals surface area contributed by atoms with Crippen LogP contribution in [0.15, 0.2) is 112 Å². The highest BCUT2D eigenvalue weighted by atomic mass is 32.2. The molecule has 7 nitrogen and oxygen atoms in total. The smallest absolute Gasteiger partial charge is 0.272 e. The van der Waals surface area contributed by atoms with E-state index in [1.807, 2.05) is 54.1 Å². The maximum absolute atomic E-state index is 13.6. The van der Waals surface area contributed by atoms with Crippen LogP contribution in [0.2, 0.25) is 0 Å². The van der Waals surface area contributed by atoms with Crippen molar-refractivity contribution in [2.45, 2.75) is 48.7 Å². The lowest BCUT2D eigenvalue weighted by Crippen LogP contribution is -2.30. The maximum Gasteiger partial charge on any atom is 0.272 e. The molecular formula is C39H34N4O3S3. The van der Waals surface area contributed by atoms with Gasteiger partial charge in [-0.3, -0.25) is 14.4 Å². The summed E-state index contributed by atoms with van der Waals surface area (Å²) in [6.45, 7) is 1.95. The normalized spacial score (nSPS) is 14.6. The van der Waals surface area contributed by atoms with Gasteiger partial charge in [0.2, 0.25) is 5.91 Å². The number of thiophene rings is 2. The van der Waals surface area contributed by atoms with Gasteiger partial charge >= 0.3 is 0 Å². The van der Waals surface area contributed by atoms with Crippen LogP contribution >= 0.6 is 34.4 Å². The van der Waals surface area contributed by atoms with Crippen molar-refractivity contribution >= 4 is 68.9 Å². The number of hydrogen-bond acceptors (Lipinski definition) is 7. The van der Waals surface area contributed by atoms with Crippen LogP contribution in [-0.4, -0.2) is 23.0 Å². The molecule has 2 aromatic heterocycles.